The first-order valence-electron chi connectivity index (χ1n) is 7.48. The summed E-state index contributed by atoms with van der Waals surface area (Å²) in [6.45, 7) is 12.4. The van der Waals surface area contributed by atoms with E-state index in [0.29, 0.717) is 0 Å². The second kappa shape index (κ2) is 6.46. The fraction of sp³-hybridized carbons (Fsp3) is 0.765. The molecule has 0 bridgehead atoms. The van der Waals surface area contributed by atoms with Crippen LogP contribution in [0.2, 0.25) is 0 Å². The van der Waals surface area contributed by atoms with E-state index < -0.39 is 10.7 Å². The molecular weight excluding hydrogens is 268 g/mol. The molecule has 0 N–H and O–H groups in total. The van der Waals surface area contributed by atoms with Crippen LogP contribution in [0.5, 0.6) is 0 Å². The maximum Gasteiger partial charge on any atom is 0.200 e. The number of hydrogen-bond donors (Lipinski definition) is 0. The number of allylic oxidation sites excluding steroid dienone is 2. The maximum atomic E-state index is 12.2. The molecule has 0 amide bonds. The maximum absolute atomic E-state index is 12.2. The van der Waals surface area contributed by atoms with E-state index in [1.807, 2.05) is 6.92 Å². The van der Waals surface area contributed by atoms with Crippen LogP contribution < -0.4 is 0 Å². The van der Waals surface area contributed by atoms with Gasteiger partial charge in [-0.3, -0.25) is 9.59 Å². The van der Waals surface area contributed by atoms with E-state index in [2.05, 4.69) is 33.8 Å². The Morgan fingerprint density at radius 1 is 1.30 bits per heavy atom. The van der Waals surface area contributed by atoms with E-state index in [1.165, 1.54) is 17.3 Å². The van der Waals surface area contributed by atoms with Crippen molar-refractivity contribution < 1.29 is 9.59 Å². The van der Waals surface area contributed by atoms with Crippen LogP contribution in [0.25, 0.3) is 0 Å². The highest BCUT2D eigenvalue weighted by molar-refractivity contribution is 8.16. The van der Waals surface area contributed by atoms with Gasteiger partial charge in [-0.25, -0.2) is 0 Å². The fourth-order valence-corrected chi connectivity index (χ4v) is 3.76. The van der Waals surface area contributed by atoms with Gasteiger partial charge in [0, 0.05) is 0 Å². The van der Waals surface area contributed by atoms with Gasteiger partial charge in [0.25, 0.3) is 0 Å². The topological polar surface area (TPSA) is 34.1 Å². The monoisotopic (exact) mass is 296 g/mol. The largest absolute Gasteiger partial charge is 0.297 e. The third-order valence-corrected chi connectivity index (χ3v) is 5.66. The standard InChI is InChI=1S/C17H28O2S/c1-12(2)8-7-9-16(4,5)10-11-17(6)14(18)13(3)15(19)20-17/h8,13H,7,9-11H2,1-6H3. The van der Waals surface area contributed by atoms with Crippen molar-refractivity contribution in [2.45, 2.75) is 72.0 Å². The summed E-state index contributed by atoms with van der Waals surface area (Å²) in [5.41, 5.74) is 1.57. The van der Waals surface area contributed by atoms with E-state index in [4.69, 9.17) is 0 Å². The molecule has 3 heteroatoms. The van der Waals surface area contributed by atoms with Gasteiger partial charge in [-0.05, 0) is 58.8 Å². The van der Waals surface area contributed by atoms with E-state index in [1.54, 1.807) is 6.92 Å². The minimum absolute atomic E-state index is 0.0415. The van der Waals surface area contributed by atoms with Crippen molar-refractivity contribution >= 4 is 22.7 Å². The predicted octanol–water partition coefficient (Wildman–Crippen LogP) is 4.78. The normalized spacial score (nSPS) is 27.0. The van der Waals surface area contributed by atoms with Crippen molar-refractivity contribution in [3.63, 3.8) is 0 Å². The van der Waals surface area contributed by atoms with Crippen molar-refractivity contribution in [1.29, 1.82) is 0 Å². The zero-order valence-electron chi connectivity index (χ0n) is 13.7. The summed E-state index contributed by atoms with van der Waals surface area (Å²) in [6, 6.07) is 0. The van der Waals surface area contributed by atoms with E-state index in [-0.39, 0.29) is 16.3 Å². The summed E-state index contributed by atoms with van der Waals surface area (Å²) in [5.74, 6) is -0.300. The summed E-state index contributed by atoms with van der Waals surface area (Å²) in [5, 5.41) is 0.0415. The van der Waals surface area contributed by atoms with E-state index in [0.717, 1.165) is 25.7 Å². The number of hydrogen-bond acceptors (Lipinski definition) is 3. The van der Waals surface area contributed by atoms with Crippen LogP contribution in [-0.2, 0) is 9.59 Å². The number of rotatable bonds is 6. The van der Waals surface area contributed by atoms with Crippen LogP contribution in [-0.4, -0.2) is 15.6 Å². The number of ketones is 1. The smallest absolute Gasteiger partial charge is 0.200 e. The molecule has 0 saturated carbocycles. The van der Waals surface area contributed by atoms with Crippen LogP contribution in [0, 0.1) is 11.3 Å². The molecule has 0 aliphatic carbocycles. The molecule has 20 heavy (non-hydrogen) atoms. The molecule has 0 aromatic heterocycles. The molecule has 0 aromatic carbocycles. The molecule has 1 aliphatic heterocycles. The lowest BCUT2D eigenvalue weighted by atomic mass is 9.79. The summed E-state index contributed by atoms with van der Waals surface area (Å²) in [7, 11) is 0. The Kier molecular flexibility index (Phi) is 5.65. The molecule has 0 aromatic rings. The lowest BCUT2D eigenvalue weighted by molar-refractivity contribution is -0.127. The van der Waals surface area contributed by atoms with Crippen molar-refractivity contribution in [1.82, 2.24) is 0 Å². The molecule has 1 saturated heterocycles. The summed E-state index contributed by atoms with van der Waals surface area (Å²) in [6.07, 6.45) is 6.26. The zero-order valence-corrected chi connectivity index (χ0v) is 14.5. The Morgan fingerprint density at radius 3 is 2.35 bits per heavy atom. The van der Waals surface area contributed by atoms with E-state index >= 15 is 0 Å². The third-order valence-electron chi connectivity index (χ3n) is 4.25. The van der Waals surface area contributed by atoms with Crippen LogP contribution in [0.4, 0.5) is 0 Å². The predicted molar refractivity (Wildman–Crippen MR) is 86.9 cm³/mol. The molecule has 0 spiro atoms. The second-order valence-corrected chi connectivity index (χ2v) is 8.73. The Balaban J connectivity index is 2.55. The minimum atomic E-state index is -0.496. The number of carbonyl (C=O) groups is 2. The Labute approximate surface area is 127 Å². The SMILES string of the molecule is CC(C)=CCCC(C)(C)CCC1(C)SC(=O)C(C)C1=O. The third kappa shape index (κ3) is 4.47. The molecule has 0 radical (unpaired) electrons. The van der Waals surface area contributed by atoms with Crippen molar-refractivity contribution in [2.24, 2.45) is 11.3 Å². The highest BCUT2D eigenvalue weighted by atomic mass is 32.2. The van der Waals surface area contributed by atoms with Gasteiger partial charge in [0.15, 0.2) is 10.9 Å². The van der Waals surface area contributed by atoms with Crippen LogP contribution in [0.1, 0.15) is 67.2 Å². The van der Waals surface area contributed by atoms with Gasteiger partial charge in [0.1, 0.15) is 0 Å². The van der Waals surface area contributed by atoms with Crippen molar-refractivity contribution in [3.8, 4) is 0 Å². The Morgan fingerprint density at radius 2 is 1.90 bits per heavy atom. The number of carbonyl (C=O) groups excluding carboxylic acids is 2. The average Bonchev–Trinajstić information content (AvgIpc) is 2.51. The van der Waals surface area contributed by atoms with Gasteiger partial charge in [0.05, 0.1) is 10.7 Å². The molecular formula is C17H28O2S. The first-order chi connectivity index (χ1) is 9.07. The van der Waals surface area contributed by atoms with Crippen molar-refractivity contribution in [3.05, 3.63) is 11.6 Å². The first kappa shape index (κ1) is 17.5. The van der Waals surface area contributed by atoms with Gasteiger partial charge >= 0.3 is 0 Å². The lowest BCUT2D eigenvalue weighted by Gasteiger charge is -2.29. The Bertz CT molecular complexity index is 419. The van der Waals surface area contributed by atoms with Crippen LogP contribution in [0.3, 0.4) is 0 Å². The molecule has 1 heterocycles. The van der Waals surface area contributed by atoms with Gasteiger partial charge in [-0.1, -0.05) is 37.3 Å². The molecule has 1 rings (SSSR count). The summed E-state index contributed by atoms with van der Waals surface area (Å²) < 4.78 is -0.496. The highest BCUT2D eigenvalue weighted by Gasteiger charge is 2.48. The van der Waals surface area contributed by atoms with Crippen molar-refractivity contribution in [2.75, 3.05) is 0 Å². The molecule has 2 atom stereocenters. The first-order valence-corrected chi connectivity index (χ1v) is 8.30. The quantitative estimate of drug-likeness (QED) is 0.522. The van der Waals surface area contributed by atoms with Crippen LogP contribution >= 0.6 is 11.8 Å². The second-order valence-electron chi connectivity index (χ2n) is 7.22. The molecule has 1 fully saturated rings. The van der Waals surface area contributed by atoms with Gasteiger partial charge in [0.2, 0.25) is 0 Å². The van der Waals surface area contributed by atoms with E-state index in [9.17, 15) is 9.59 Å². The van der Waals surface area contributed by atoms with Gasteiger partial charge in [-0.15, -0.1) is 0 Å². The summed E-state index contributed by atoms with van der Waals surface area (Å²) in [4.78, 5) is 23.9. The molecule has 2 unspecified atom stereocenters. The number of thioether (sulfide) groups is 1. The Hall–Kier alpha value is -0.570. The molecule has 1 aliphatic rings. The number of Topliss-reactive ketones (excluding diaryl/α,β-unsaturated/α-hetero) is 1. The summed E-state index contributed by atoms with van der Waals surface area (Å²) >= 11 is 1.25. The van der Waals surface area contributed by atoms with Gasteiger partial charge in [-0.2, -0.15) is 0 Å². The average molecular weight is 296 g/mol. The minimum Gasteiger partial charge on any atom is -0.297 e. The fourth-order valence-electron chi connectivity index (χ4n) is 2.55. The molecule has 2 nitrogen and oxygen atoms in total. The highest BCUT2D eigenvalue weighted by Crippen LogP contribution is 2.45. The zero-order chi connectivity index (χ0) is 15.6. The van der Waals surface area contributed by atoms with Gasteiger partial charge < -0.3 is 0 Å². The lowest BCUT2D eigenvalue weighted by Crippen LogP contribution is -2.31. The molecule has 114 valence electrons. The van der Waals surface area contributed by atoms with Crippen LogP contribution in [0.15, 0.2) is 11.6 Å².